The Morgan fingerprint density at radius 1 is 1.04 bits per heavy atom. The van der Waals surface area contributed by atoms with Gasteiger partial charge in [-0.1, -0.05) is 54.1 Å². The first-order valence-electron chi connectivity index (χ1n) is 8.31. The van der Waals surface area contributed by atoms with E-state index in [-0.39, 0.29) is 10.9 Å². The highest BCUT2D eigenvalue weighted by molar-refractivity contribution is 6.31. The van der Waals surface area contributed by atoms with Crippen LogP contribution in [-0.2, 0) is 11.4 Å². The Bertz CT molecular complexity index is 958. The summed E-state index contributed by atoms with van der Waals surface area (Å²) in [6, 6.07) is 21.3. The van der Waals surface area contributed by atoms with Crippen LogP contribution in [0, 0.1) is 5.82 Å². The third-order valence-corrected chi connectivity index (χ3v) is 4.01. The normalized spacial score (nSPS) is 10.7. The van der Waals surface area contributed by atoms with Crippen LogP contribution in [0.25, 0.3) is 6.08 Å². The lowest BCUT2D eigenvalue weighted by atomic mass is 10.2. The summed E-state index contributed by atoms with van der Waals surface area (Å²) in [6.07, 6.45) is 3.07. The average molecular weight is 382 g/mol. The Morgan fingerprint density at radius 3 is 2.63 bits per heavy atom. The Balaban J connectivity index is 1.59. The minimum Gasteiger partial charge on any atom is -0.489 e. The van der Waals surface area contributed by atoms with Crippen LogP contribution in [0.3, 0.4) is 0 Å². The van der Waals surface area contributed by atoms with Crippen LogP contribution >= 0.6 is 11.6 Å². The number of anilines is 1. The van der Waals surface area contributed by atoms with Gasteiger partial charge >= 0.3 is 0 Å². The molecule has 3 nitrogen and oxygen atoms in total. The van der Waals surface area contributed by atoms with Crippen molar-refractivity contribution in [1.29, 1.82) is 0 Å². The molecule has 3 aromatic carbocycles. The summed E-state index contributed by atoms with van der Waals surface area (Å²) >= 11 is 5.70. The van der Waals surface area contributed by atoms with E-state index in [0.717, 1.165) is 11.1 Å². The number of benzene rings is 3. The molecule has 0 aliphatic rings. The molecule has 3 aromatic rings. The van der Waals surface area contributed by atoms with Gasteiger partial charge in [-0.05, 0) is 47.5 Å². The lowest BCUT2D eigenvalue weighted by Crippen LogP contribution is -2.07. The summed E-state index contributed by atoms with van der Waals surface area (Å²) < 4.78 is 18.9. The number of hydrogen-bond acceptors (Lipinski definition) is 2. The molecule has 0 unspecified atom stereocenters. The summed E-state index contributed by atoms with van der Waals surface area (Å²) in [5.41, 5.74) is 2.33. The molecule has 0 fully saturated rings. The van der Waals surface area contributed by atoms with E-state index in [2.05, 4.69) is 5.32 Å². The fraction of sp³-hybridized carbons (Fsp3) is 0.0455. The summed E-state index contributed by atoms with van der Waals surface area (Å²) in [4.78, 5) is 12.0. The molecule has 136 valence electrons. The van der Waals surface area contributed by atoms with E-state index in [1.54, 1.807) is 6.08 Å². The van der Waals surface area contributed by atoms with Crippen molar-refractivity contribution in [1.82, 2.24) is 0 Å². The van der Waals surface area contributed by atoms with Crippen LogP contribution in [0.4, 0.5) is 10.1 Å². The molecule has 0 aromatic heterocycles. The van der Waals surface area contributed by atoms with Crippen molar-refractivity contribution in [3.05, 3.63) is 101 Å². The van der Waals surface area contributed by atoms with E-state index in [1.165, 1.54) is 24.3 Å². The van der Waals surface area contributed by atoms with E-state index in [1.807, 2.05) is 54.6 Å². The molecule has 5 heteroatoms. The molecule has 0 bridgehead atoms. The first-order chi connectivity index (χ1) is 13.1. The molecule has 0 radical (unpaired) electrons. The Labute approximate surface area is 162 Å². The van der Waals surface area contributed by atoms with Crippen LogP contribution in [-0.4, -0.2) is 5.91 Å². The second kappa shape index (κ2) is 9.01. The van der Waals surface area contributed by atoms with Crippen LogP contribution in [0.5, 0.6) is 5.75 Å². The number of nitrogens with one attached hydrogen (secondary N) is 1. The van der Waals surface area contributed by atoms with Crippen molar-refractivity contribution >= 4 is 29.3 Å². The highest BCUT2D eigenvalue weighted by Crippen LogP contribution is 2.20. The van der Waals surface area contributed by atoms with Crippen molar-refractivity contribution in [2.24, 2.45) is 0 Å². The minimum atomic E-state index is -0.530. The zero-order chi connectivity index (χ0) is 19.1. The number of amides is 1. The lowest BCUT2D eigenvalue weighted by molar-refractivity contribution is -0.111. The van der Waals surface area contributed by atoms with Gasteiger partial charge < -0.3 is 10.1 Å². The van der Waals surface area contributed by atoms with Gasteiger partial charge in [0.15, 0.2) is 0 Å². The van der Waals surface area contributed by atoms with Crippen LogP contribution in [0.1, 0.15) is 11.1 Å². The number of carbonyl (C=O) groups is 1. The molecule has 0 aliphatic heterocycles. The first-order valence-corrected chi connectivity index (χ1v) is 8.69. The molecule has 1 amide bonds. The highest BCUT2D eigenvalue weighted by Gasteiger charge is 2.03. The van der Waals surface area contributed by atoms with Gasteiger partial charge in [-0.2, -0.15) is 0 Å². The second-order valence-corrected chi connectivity index (χ2v) is 6.21. The minimum absolute atomic E-state index is 0.0416. The van der Waals surface area contributed by atoms with Crippen molar-refractivity contribution in [2.75, 3.05) is 5.32 Å². The summed E-state index contributed by atoms with van der Waals surface area (Å²) in [5.74, 6) is -0.155. The highest BCUT2D eigenvalue weighted by atomic mass is 35.5. The smallest absolute Gasteiger partial charge is 0.248 e. The number of ether oxygens (including phenoxy) is 1. The van der Waals surface area contributed by atoms with Crippen molar-refractivity contribution in [3.8, 4) is 5.75 Å². The molecule has 3 rings (SSSR count). The molecule has 0 saturated carbocycles. The maximum absolute atomic E-state index is 13.1. The fourth-order valence-electron chi connectivity index (χ4n) is 2.38. The molecule has 27 heavy (non-hydrogen) atoms. The molecule has 1 N–H and O–H groups in total. The van der Waals surface area contributed by atoms with Crippen molar-refractivity contribution < 1.29 is 13.9 Å². The van der Waals surface area contributed by atoms with E-state index in [4.69, 9.17) is 16.3 Å². The number of halogens is 2. The zero-order valence-corrected chi connectivity index (χ0v) is 15.1. The summed E-state index contributed by atoms with van der Waals surface area (Å²) in [7, 11) is 0. The van der Waals surface area contributed by atoms with Gasteiger partial charge in [-0.25, -0.2) is 4.39 Å². The van der Waals surface area contributed by atoms with Gasteiger partial charge in [0.2, 0.25) is 5.91 Å². The maximum Gasteiger partial charge on any atom is 0.248 e. The van der Waals surface area contributed by atoms with Crippen LogP contribution in [0.2, 0.25) is 5.02 Å². The maximum atomic E-state index is 13.1. The van der Waals surface area contributed by atoms with E-state index in [9.17, 15) is 9.18 Å². The monoisotopic (exact) mass is 381 g/mol. The fourth-order valence-corrected chi connectivity index (χ4v) is 2.56. The molecular formula is C22H17ClFNO2. The van der Waals surface area contributed by atoms with E-state index < -0.39 is 5.82 Å². The van der Waals surface area contributed by atoms with Gasteiger partial charge in [0, 0.05) is 11.8 Å². The second-order valence-electron chi connectivity index (χ2n) is 5.80. The SMILES string of the molecule is O=C(/C=C/c1cccc(OCc2ccccc2)c1)Nc1ccc(F)c(Cl)c1. The van der Waals surface area contributed by atoms with Crippen molar-refractivity contribution in [3.63, 3.8) is 0 Å². The standard InChI is InChI=1S/C22H17ClFNO2/c23-20-14-18(10-11-21(20)24)25-22(26)12-9-16-7-4-8-19(13-16)27-15-17-5-2-1-3-6-17/h1-14H,15H2,(H,25,26)/b12-9+. The van der Waals surface area contributed by atoms with Crippen LogP contribution < -0.4 is 10.1 Å². The Morgan fingerprint density at radius 2 is 1.85 bits per heavy atom. The lowest BCUT2D eigenvalue weighted by Gasteiger charge is -2.07. The van der Waals surface area contributed by atoms with Gasteiger partial charge in [0.25, 0.3) is 0 Å². The van der Waals surface area contributed by atoms with E-state index >= 15 is 0 Å². The Kier molecular flexibility index (Phi) is 6.23. The molecule has 0 heterocycles. The number of hydrogen-bond donors (Lipinski definition) is 1. The summed E-state index contributed by atoms with van der Waals surface area (Å²) in [6.45, 7) is 0.472. The van der Waals surface area contributed by atoms with E-state index in [0.29, 0.717) is 18.0 Å². The predicted molar refractivity (Wildman–Crippen MR) is 106 cm³/mol. The number of carbonyl (C=O) groups excluding carboxylic acids is 1. The largest absolute Gasteiger partial charge is 0.489 e. The third kappa shape index (κ3) is 5.69. The topological polar surface area (TPSA) is 38.3 Å². The zero-order valence-electron chi connectivity index (χ0n) is 14.4. The Hall–Kier alpha value is -3.11. The summed E-state index contributed by atoms with van der Waals surface area (Å²) in [5, 5.41) is 2.59. The molecule has 0 atom stereocenters. The third-order valence-electron chi connectivity index (χ3n) is 3.72. The molecule has 0 saturated heterocycles. The quantitative estimate of drug-likeness (QED) is 0.555. The number of rotatable bonds is 6. The van der Waals surface area contributed by atoms with Gasteiger partial charge in [-0.15, -0.1) is 0 Å². The van der Waals surface area contributed by atoms with Gasteiger partial charge in [0.05, 0.1) is 5.02 Å². The predicted octanol–water partition coefficient (Wildman–Crippen LogP) is 5.71. The van der Waals surface area contributed by atoms with Gasteiger partial charge in [-0.3, -0.25) is 4.79 Å². The van der Waals surface area contributed by atoms with Crippen LogP contribution in [0.15, 0.2) is 78.9 Å². The average Bonchev–Trinajstić information content (AvgIpc) is 2.69. The van der Waals surface area contributed by atoms with Crippen molar-refractivity contribution in [2.45, 2.75) is 6.61 Å². The first kappa shape index (κ1) is 18.7. The molecule has 0 aliphatic carbocycles. The van der Waals surface area contributed by atoms with Gasteiger partial charge in [0.1, 0.15) is 18.2 Å². The molecular weight excluding hydrogens is 365 g/mol. The molecule has 0 spiro atoms.